The Balaban J connectivity index is 1.09. The average Bonchev–Trinajstić information content (AvgIpc) is 3.85. The van der Waals surface area contributed by atoms with Crippen LogP contribution in [0.4, 0.5) is 0 Å². The zero-order chi connectivity index (χ0) is 33.9. The average molecular weight is 661 g/mol. The molecule has 0 spiro atoms. The van der Waals surface area contributed by atoms with E-state index >= 15 is 0 Å². The molecule has 0 unspecified atom stereocenters. The Labute approximate surface area is 298 Å². The first-order valence-electron chi connectivity index (χ1n) is 17.7. The van der Waals surface area contributed by atoms with Crippen molar-refractivity contribution in [1.82, 2.24) is 19.1 Å². The summed E-state index contributed by atoms with van der Waals surface area (Å²) in [6, 6.07) is 57.3. The van der Waals surface area contributed by atoms with Gasteiger partial charge in [0.15, 0.2) is 0 Å². The van der Waals surface area contributed by atoms with Crippen LogP contribution in [0.25, 0.3) is 110 Å². The molecular weight excluding hydrogens is 633 g/mol. The third-order valence-corrected chi connectivity index (χ3v) is 11.1. The van der Waals surface area contributed by atoms with Crippen molar-refractivity contribution in [3.8, 4) is 44.9 Å². The molecule has 0 saturated carbocycles. The molecule has 0 saturated heterocycles. The maximum atomic E-state index is 5.10. The summed E-state index contributed by atoms with van der Waals surface area (Å²) in [5.41, 5.74) is 14.1. The van der Waals surface area contributed by atoms with Crippen LogP contribution in [0.2, 0.25) is 0 Å². The summed E-state index contributed by atoms with van der Waals surface area (Å²) in [5, 5.41) is 8.63. The third-order valence-electron chi connectivity index (χ3n) is 11.1. The van der Waals surface area contributed by atoms with Crippen molar-refractivity contribution in [2.24, 2.45) is 0 Å². The van der Waals surface area contributed by atoms with Gasteiger partial charge in [0.25, 0.3) is 0 Å². The molecule has 0 aliphatic heterocycles. The molecule has 4 heteroatoms. The fourth-order valence-electron chi connectivity index (χ4n) is 8.94. The topological polar surface area (TPSA) is 35.6 Å². The van der Waals surface area contributed by atoms with Gasteiger partial charge in [-0.2, -0.15) is 0 Å². The Morgan fingerprint density at radius 1 is 0.404 bits per heavy atom. The van der Waals surface area contributed by atoms with Crippen LogP contribution in [-0.2, 0) is 0 Å². The summed E-state index contributed by atoms with van der Waals surface area (Å²) in [6.07, 6.45) is 3.87. The number of rotatable bonds is 3. The monoisotopic (exact) mass is 660 g/mol. The summed E-state index contributed by atoms with van der Waals surface area (Å²) in [4.78, 5) is 9.79. The number of nitrogens with zero attached hydrogens (tertiary/aromatic N) is 4. The van der Waals surface area contributed by atoms with Crippen LogP contribution < -0.4 is 0 Å². The van der Waals surface area contributed by atoms with E-state index in [0.717, 1.165) is 33.6 Å². The molecule has 12 rings (SSSR count). The standard InChI is InChI=1S/C48H28N4/c1-2-10-32(11-3-1)51-43-21-18-31(28-40(43)37-20-17-29-9-4-5-12-33(29)47(37)51)30-19-22-44-39(27-30)34-13-6-7-16-42(34)52(44)48-46-36(23-26-50-48)35-14-8-15-41-45(35)38(46)24-25-49-41/h1-28H. The van der Waals surface area contributed by atoms with E-state index < -0.39 is 0 Å². The zero-order valence-electron chi connectivity index (χ0n) is 28.0. The molecule has 7 aromatic carbocycles. The molecule has 11 aromatic rings. The minimum Gasteiger partial charge on any atom is -0.309 e. The number of benzene rings is 7. The van der Waals surface area contributed by atoms with Crippen molar-refractivity contribution in [3.05, 3.63) is 170 Å². The van der Waals surface area contributed by atoms with Crippen LogP contribution in [0.1, 0.15) is 0 Å². The molecule has 0 radical (unpaired) electrons. The first-order chi connectivity index (χ1) is 25.8. The normalized spacial score (nSPS) is 12.2. The van der Waals surface area contributed by atoms with Crippen LogP contribution in [0.15, 0.2) is 170 Å². The number of pyridine rings is 2. The molecule has 4 aromatic heterocycles. The summed E-state index contributed by atoms with van der Waals surface area (Å²) in [6.45, 7) is 0. The van der Waals surface area contributed by atoms with E-state index in [0.29, 0.717) is 0 Å². The fourth-order valence-corrected chi connectivity index (χ4v) is 8.94. The SMILES string of the molecule is c1ccc(-n2c3ccc(-c4ccc5c(c4)c4ccccc4n5-c4nccc5c4-c4ccnc6cccc-5c46)cc3c3ccc4ccccc4c32)cc1. The Morgan fingerprint density at radius 2 is 1.10 bits per heavy atom. The van der Waals surface area contributed by atoms with E-state index in [1.165, 1.54) is 76.6 Å². The van der Waals surface area contributed by atoms with E-state index in [1.54, 1.807) is 0 Å². The third kappa shape index (κ3) is 3.65. The largest absolute Gasteiger partial charge is 0.309 e. The Morgan fingerprint density at radius 3 is 1.96 bits per heavy atom. The lowest BCUT2D eigenvalue weighted by Gasteiger charge is -2.13. The molecule has 0 fully saturated rings. The van der Waals surface area contributed by atoms with E-state index in [9.17, 15) is 0 Å². The van der Waals surface area contributed by atoms with E-state index in [4.69, 9.17) is 9.97 Å². The maximum absolute atomic E-state index is 5.10. The van der Waals surface area contributed by atoms with Crippen molar-refractivity contribution in [2.45, 2.75) is 0 Å². The van der Waals surface area contributed by atoms with Crippen LogP contribution in [0, 0.1) is 0 Å². The number of hydrogen-bond donors (Lipinski definition) is 0. The highest BCUT2D eigenvalue weighted by molar-refractivity contribution is 6.20. The lowest BCUT2D eigenvalue weighted by Crippen LogP contribution is -2.00. The van der Waals surface area contributed by atoms with Crippen LogP contribution in [0.3, 0.4) is 0 Å². The molecule has 0 bridgehead atoms. The molecule has 1 aliphatic carbocycles. The molecular formula is C48H28N4. The molecule has 1 aliphatic rings. The summed E-state index contributed by atoms with van der Waals surface area (Å²) in [7, 11) is 0. The summed E-state index contributed by atoms with van der Waals surface area (Å²) >= 11 is 0. The van der Waals surface area contributed by atoms with Crippen LogP contribution in [-0.4, -0.2) is 19.1 Å². The number of hydrogen-bond acceptors (Lipinski definition) is 2. The van der Waals surface area contributed by atoms with Gasteiger partial charge in [-0.15, -0.1) is 0 Å². The van der Waals surface area contributed by atoms with Gasteiger partial charge >= 0.3 is 0 Å². The molecule has 52 heavy (non-hydrogen) atoms. The van der Waals surface area contributed by atoms with Crippen LogP contribution in [0.5, 0.6) is 0 Å². The minimum atomic E-state index is 0.947. The Kier molecular flexibility index (Phi) is 5.47. The highest BCUT2D eigenvalue weighted by Crippen LogP contribution is 2.49. The van der Waals surface area contributed by atoms with Gasteiger partial charge < -0.3 is 4.57 Å². The first kappa shape index (κ1) is 27.7. The highest BCUT2D eigenvalue weighted by Gasteiger charge is 2.27. The van der Waals surface area contributed by atoms with Gasteiger partial charge in [0.1, 0.15) is 5.82 Å². The summed E-state index contributed by atoms with van der Waals surface area (Å²) in [5.74, 6) is 0.947. The smallest absolute Gasteiger partial charge is 0.146 e. The molecule has 4 nitrogen and oxygen atoms in total. The van der Waals surface area contributed by atoms with Gasteiger partial charge in [-0.1, -0.05) is 97.1 Å². The van der Waals surface area contributed by atoms with Gasteiger partial charge in [-0.25, -0.2) is 4.98 Å². The van der Waals surface area contributed by atoms with Gasteiger partial charge in [0.05, 0.1) is 27.6 Å². The zero-order valence-corrected chi connectivity index (χ0v) is 28.0. The van der Waals surface area contributed by atoms with Crippen molar-refractivity contribution >= 4 is 65.3 Å². The second-order valence-corrected chi connectivity index (χ2v) is 13.8. The lowest BCUT2D eigenvalue weighted by atomic mass is 10.00. The second kappa shape index (κ2) is 10.3. The second-order valence-electron chi connectivity index (χ2n) is 13.8. The highest BCUT2D eigenvalue weighted by atomic mass is 15.1. The molecule has 240 valence electrons. The molecule has 0 amide bonds. The number of para-hydroxylation sites is 2. The number of aromatic nitrogens is 4. The van der Waals surface area contributed by atoms with Crippen molar-refractivity contribution < 1.29 is 0 Å². The van der Waals surface area contributed by atoms with Crippen molar-refractivity contribution in [3.63, 3.8) is 0 Å². The van der Waals surface area contributed by atoms with Gasteiger partial charge in [0.2, 0.25) is 0 Å². The predicted octanol–water partition coefficient (Wildman–Crippen LogP) is 12.3. The minimum absolute atomic E-state index is 0.947. The van der Waals surface area contributed by atoms with Crippen molar-refractivity contribution in [1.29, 1.82) is 0 Å². The quantitative estimate of drug-likeness (QED) is 0.189. The Bertz CT molecular complexity index is 3290. The molecule has 0 N–H and O–H groups in total. The van der Waals surface area contributed by atoms with Crippen molar-refractivity contribution in [2.75, 3.05) is 0 Å². The summed E-state index contributed by atoms with van der Waals surface area (Å²) < 4.78 is 4.78. The van der Waals surface area contributed by atoms with E-state index in [-0.39, 0.29) is 0 Å². The van der Waals surface area contributed by atoms with E-state index in [1.807, 2.05) is 12.4 Å². The van der Waals surface area contributed by atoms with E-state index in [2.05, 4.69) is 167 Å². The predicted molar refractivity (Wildman–Crippen MR) is 216 cm³/mol. The molecule has 0 atom stereocenters. The number of fused-ring (bicyclic) bond motifs is 11. The van der Waals surface area contributed by atoms with Gasteiger partial charge in [-0.05, 0) is 93.9 Å². The van der Waals surface area contributed by atoms with Crippen LogP contribution >= 0.6 is 0 Å². The maximum Gasteiger partial charge on any atom is 0.146 e. The van der Waals surface area contributed by atoms with Gasteiger partial charge in [-0.3, -0.25) is 9.55 Å². The molecule has 4 heterocycles. The fraction of sp³-hybridized carbons (Fsp3) is 0. The van der Waals surface area contributed by atoms with Gasteiger partial charge in [0, 0.05) is 56.0 Å². The lowest BCUT2D eigenvalue weighted by molar-refractivity contribution is 1.09. The first-order valence-corrected chi connectivity index (χ1v) is 17.7. The Hall–Kier alpha value is -7.04.